The Kier molecular flexibility index (Phi) is 1.77. The lowest BCUT2D eigenvalue weighted by Crippen LogP contribution is -2.01. The third-order valence-electron chi connectivity index (χ3n) is 2.15. The first-order valence-electron chi connectivity index (χ1n) is 4.27. The maximum absolute atomic E-state index is 10.8. The van der Waals surface area contributed by atoms with Crippen LogP contribution in [0.1, 0.15) is 21.6 Å². The van der Waals surface area contributed by atoms with Crippen LogP contribution in [0.15, 0.2) is 18.5 Å². The molecule has 1 N–H and O–H groups in total. The highest BCUT2D eigenvalue weighted by Crippen LogP contribution is 2.12. The predicted molar refractivity (Wildman–Crippen MR) is 51.6 cm³/mol. The van der Waals surface area contributed by atoms with Crippen molar-refractivity contribution in [2.24, 2.45) is 0 Å². The number of aromatic nitrogens is 2. The van der Waals surface area contributed by atoms with E-state index in [0.29, 0.717) is 5.56 Å². The molecule has 0 bridgehead atoms. The Labute approximate surface area is 80.8 Å². The standard InChI is InChI=1S/C10H10N2O2/c1-6-3-9-11-7(2)4-12(9)5-8(6)10(13)14/h3-5H,1-2H3,(H,13,14). The summed E-state index contributed by atoms with van der Waals surface area (Å²) in [5, 5.41) is 8.90. The summed E-state index contributed by atoms with van der Waals surface area (Å²) in [5.74, 6) is -0.907. The highest BCUT2D eigenvalue weighted by Gasteiger charge is 2.09. The normalized spacial score (nSPS) is 10.7. The molecule has 0 radical (unpaired) electrons. The maximum Gasteiger partial charge on any atom is 0.337 e. The zero-order valence-electron chi connectivity index (χ0n) is 7.98. The largest absolute Gasteiger partial charge is 0.478 e. The smallest absolute Gasteiger partial charge is 0.337 e. The van der Waals surface area contributed by atoms with Crippen LogP contribution in [-0.2, 0) is 0 Å². The molecular weight excluding hydrogens is 180 g/mol. The van der Waals surface area contributed by atoms with E-state index in [9.17, 15) is 4.79 Å². The van der Waals surface area contributed by atoms with Crippen LogP contribution in [0.5, 0.6) is 0 Å². The number of imidazole rings is 1. The molecule has 0 saturated carbocycles. The van der Waals surface area contributed by atoms with Crippen LogP contribution in [0.3, 0.4) is 0 Å². The number of aryl methyl sites for hydroxylation is 2. The molecule has 0 unspecified atom stereocenters. The van der Waals surface area contributed by atoms with E-state index >= 15 is 0 Å². The third kappa shape index (κ3) is 1.25. The van der Waals surface area contributed by atoms with Crippen LogP contribution in [-0.4, -0.2) is 20.5 Å². The molecule has 0 aliphatic heterocycles. The Morgan fingerprint density at radius 1 is 1.43 bits per heavy atom. The molecular formula is C10H10N2O2. The number of carbonyl (C=O) groups is 1. The molecule has 0 amide bonds. The van der Waals surface area contributed by atoms with Crippen molar-refractivity contribution in [1.82, 2.24) is 9.38 Å². The zero-order chi connectivity index (χ0) is 10.3. The molecule has 2 rings (SSSR count). The molecule has 2 aromatic heterocycles. The summed E-state index contributed by atoms with van der Waals surface area (Å²) >= 11 is 0. The van der Waals surface area contributed by atoms with Crippen molar-refractivity contribution in [2.45, 2.75) is 13.8 Å². The van der Waals surface area contributed by atoms with Crippen molar-refractivity contribution in [3.63, 3.8) is 0 Å². The lowest BCUT2D eigenvalue weighted by atomic mass is 10.1. The van der Waals surface area contributed by atoms with Crippen LogP contribution >= 0.6 is 0 Å². The van der Waals surface area contributed by atoms with Gasteiger partial charge < -0.3 is 9.51 Å². The first-order chi connectivity index (χ1) is 6.58. The molecule has 0 atom stereocenters. The van der Waals surface area contributed by atoms with E-state index in [1.165, 1.54) is 0 Å². The lowest BCUT2D eigenvalue weighted by molar-refractivity contribution is 0.0695. The number of pyridine rings is 1. The van der Waals surface area contributed by atoms with E-state index in [1.807, 2.05) is 6.92 Å². The van der Waals surface area contributed by atoms with Crippen molar-refractivity contribution in [1.29, 1.82) is 0 Å². The molecule has 0 aliphatic carbocycles. The first-order valence-corrected chi connectivity index (χ1v) is 4.27. The fourth-order valence-electron chi connectivity index (χ4n) is 1.48. The number of carboxylic acid groups (broad SMARTS) is 1. The van der Waals surface area contributed by atoms with Gasteiger partial charge >= 0.3 is 5.97 Å². The minimum Gasteiger partial charge on any atom is -0.478 e. The molecule has 2 heterocycles. The number of rotatable bonds is 1. The van der Waals surface area contributed by atoms with Crippen LogP contribution in [0.4, 0.5) is 0 Å². The number of aromatic carboxylic acids is 1. The average Bonchev–Trinajstić information content (AvgIpc) is 2.42. The molecule has 0 aromatic carbocycles. The van der Waals surface area contributed by atoms with Crippen LogP contribution < -0.4 is 0 Å². The highest BCUT2D eigenvalue weighted by atomic mass is 16.4. The van der Waals surface area contributed by atoms with Gasteiger partial charge in [-0.1, -0.05) is 0 Å². The molecule has 4 heteroatoms. The number of hydrogen-bond acceptors (Lipinski definition) is 2. The van der Waals surface area contributed by atoms with E-state index in [-0.39, 0.29) is 0 Å². The molecule has 0 saturated heterocycles. The highest BCUT2D eigenvalue weighted by molar-refractivity contribution is 5.89. The van der Waals surface area contributed by atoms with E-state index in [1.54, 1.807) is 29.8 Å². The van der Waals surface area contributed by atoms with Crippen molar-refractivity contribution in [3.05, 3.63) is 35.3 Å². The van der Waals surface area contributed by atoms with E-state index in [4.69, 9.17) is 5.11 Å². The predicted octanol–water partition coefficient (Wildman–Crippen LogP) is 1.65. The Bertz CT molecular complexity index is 514. The topological polar surface area (TPSA) is 54.6 Å². The zero-order valence-corrected chi connectivity index (χ0v) is 7.98. The summed E-state index contributed by atoms with van der Waals surface area (Å²) in [4.78, 5) is 15.1. The summed E-state index contributed by atoms with van der Waals surface area (Å²) < 4.78 is 1.73. The number of nitrogens with zero attached hydrogens (tertiary/aromatic N) is 2. The van der Waals surface area contributed by atoms with Crippen molar-refractivity contribution < 1.29 is 9.90 Å². The summed E-state index contributed by atoms with van der Waals surface area (Å²) in [6.07, 6.45) is 3.40. The fourth-order valence-corrected chi connectivity index (χ4v) is 1.48. The van der Waals surface area contributed by atoms with Crippen LogP contribution in [0.2, 0.25) is 0 Å². The van der Waals surface area contributed by atoms with Crippen molar-refractivity contribution in [2.75, 3.05) is 0 Å². The third-order valence-corrected chi connectivity index (χ3v) is 2.15. The molecule has 2 aromatic rings. The second-order valence-corrected chi connectivity index (χ2v) is 3.32. The SMILES string of the molecule is Cc1cn2cc(C(=O)O)c(C)cc2n1. The quantitative estimate of drug-likeness (QED) is 0.743. The van der Waals surface area contributed by atoms with Gasteiger partial charge in [-0.25, -0.2) is 9.78 Å². The van der Waals surface area contributed by atoms with Gasteiger partial charge in [0.15, 0.2) is 0 Å². The van der Waals surface area contributed by atoms with Crippen LogP contribution in [0.25, 0.3) is 5.65 Å². The van der Waals surface area contributed by atoms with Gasteiger partial charge in [-0.15, -0.1) is 0 Å². The van der Waals surface area contributed by atoms with Gasteiger partial charge in [0.2, 0.25) is 0 Å². The van der Waals surface area contributed by atoms with Gasteiger partial charge in [-0.2, -0.15) is 0 Å². The second-order valence-electron chi connectivity index (χ2n) is 3.32. The van der Waals surface area contributed by atoms with Crippen molar-refractivity contribution in [3.8, 4) is 0 Å². The summed E-state index contributed by atoms with van der Waals surface area (Å²) in [6.45, 7) is 3.65. The van der Waals surface area contributed by atoms with Gasteiger partial charge in [-0.05, 0) is 25.5 Å². The second kappa shape index (κ2) is 2.83. The first kappa shape index (κ1) is 8.74. The summed E-state index contributed by atoms with van der Waals surface area (Å²) in [6, 6.07) is 1.77. The molecule has 72 valence electrons. The minimum absolute atomic E-state index is 0.315. The number of hydrogen-bond donors (Lipinski definition) is 1. The Morgan fingerprint density at radius 3 is 2.79 bits per heavy atom. The van der Waals surface area contributed by atoms with E-state index < -0.39 is 5.97 Å². The summed E-state index contributed by atoms with van der Waals surface area (Å²) in [5.41, 5.74) is 2.71. The molecule has 0 aliphatic rings. The Morgan fingerprint density at radius 2 is 2.14 bits per heavy atom. The Balaban J connectivity index is 2.76. The van der Waals surface area contributed by atoms with Crippen LogP contribution in [0, 0.1) is 13.8 Å². The number of fused-ring (bicyclic) bond motifs is 1. The molecule has 0 spiro atoms. The van der Waals surface area contributed by atoms with Gasteiger partial charge in [0.1, 0.15) is 5.65 Å². The van der Waals surface area contributed by atoms with Gasteiger partial charge in [0.05, 0.1) is 11.3 Å². The van der Waals surface area contributed by atoms with Gasteiger partial charge in [-0.3, -0.25) is 0 Å². The maximum atomic E-state index is 10.8. The minimum atomic E-state index is -0.907. The van der Waals surface area contributed by atoms with Gasteiger partial charge in [0, 0.05) is 12.4 Å². The summed E-state index contributed by atoms with van der Waals surface area (Å²) in [7, 11) is 0. The van der Waals surface area contributed by atoms with Gasteiger partial charge in [0.25, 0.3) is 0 Å². The average molecular weight is 190 g/mol. The monoisotopic (exact) mass is 190 g/mol. The number of carboxylic acids is 1. The van der Waals surface area contributed by atoms with Crippen molar-refractivity contribution >= 4 is 11.6 Å². The van der Waals surface area contributed by atoms with E-state index in [0.717, 1.165) is 16.9 Å². The molecule has 0 fully saturated rings. The Hall–Kier alpha value is -1.84. The molecule has 4 nitrogen and oxygen atoms in total. The fraction of sp³-hybridized carbons (Fsp3) is 0.200. The molecule has 14 heavy (non-hydrogen) atoms. The van der Waals surface area contributed by atoms with E-state index in [2.05, 4.69) is 4.98 Å². The lowest BCUT2D eigenvalue weighted by Gasteiger charge is -2.01.